The van der Waals surface area contributed by atoms with Crippen LogP contribution in [0.4, 0.5) is 0 Å². The van der Waals surface area contributed by atoms with Crippen LogP contribution in [0.15, 0.2) is 18.2 Å². The molecular weight excluding hydrogens is 274 g/mol. The zero-order chi connectivity index (χ0) is 15.5. The molecule has 1 aliphatic rings. The van der Waals surface area contributed by atoms with Gasteiger partial charge in [0.05, 0.1) is 26.4 Å². The number of benzene rings is 1. The van der Waals surface area contributed by atoms with E-state index in [9.17, 15) is 5.21 Å². The van der Waals surface area contributed by atoms with Gasteiger partial charge in [0.25, 0.3) is 0 Å². The van der Waals surface area contributed by atoms with Crippen molar-refractivity contribution in [3.8, 4) is 11.5 Å². The van der Waals surface area contributed by atoms with Crippen LogP contribution in [-0.2, 0) is 16.0 Å². The van der Waals surface area contributed by atoms with Crippen molar-refractivity contribution in [2.75, 3.05) is 20.8 Å². The molecule has 1 aliphatic heterocycles. The van der Waals surface area contributed by atoms with Gasteiger partial charge in [-0.1, -0.05) is 0 Å². The molecule has 0 aromatic heterocycles. The predicted molar refractivity (Wildman–Crippen MR) is 77.8 cm³/mol. The third-order valence-corrected chi connectivity index (χ3v) is 3.18. The van der Waals surface area contributed by atoms with Gasteiger partial charge in [0.1, 0.15) is 11.5 Å². The third-order valence-electron chi connectivity index (χ3n) is 3.18. The van der Waals surface area contributed by atoms with Gasteiger partial charge in [-0.25, -0.2) is 4.74 Å². The van der Waals surface area contributed by atoms with Crippen LogP contribution >= 0.6 is 0 Å². The highest BCUT2D eigenvalue weighted by Crippen LogP contribution is 2.25. The summed E-state index contributed by atoms with van der Waals surface area (Å²) >= 11 is 0. The summed E-state index contributed by atoms with van der Waals surface area (Å²) in [6.45, 7) is 4.20. The summed E-state index contributed by atoms with van der Waals surface area (Å²) in [4.78, 5) is 0. The molecule has 6 heteroatoms. The van der Waals surface area contributed by atoms with E-state index in [2.05, 4.69) is 0 Å². The molecule has 1 unspecified atom stereocenters. The summed E-state index contributed by atoms with van der Waals surface area (Å²) in [6.07, 6.45) is 1.15. The lowest BCUT2D eigenvalue weighted by atomic mass is 10.2. The van der Waals surface area contributed by atoms with Crippen molar-refractivity contribution in [2.45, 2.75) is 32.3 Å². The fourth-order valence-corrected chi connectivity index (χ4v) is 2.18. The first-order valence-electron chi connectivity index (χ1n) is 6.75. The van der Waals surface area contributed by atoms with Crippen molar-refractivity contribution in [3.05, 3.63) is 29.0 Å². The maximum absolute atomic E-state index is 12.0. The first kappa shape index (κ1) is 15.6. The van der Waals surface area contributed by atoms with Gasteiger partial charge in [0.15, 0.2) is 24.7 Å². The number of hydrogen-bond donors (Lipinski definition) is 0. The molecule has 1 heterocycles. The fourth-order valence-electron chi connectivity index (χ4n) is 2.18. The van der Waals surface area contributed by atoms with Gasteiger partial charge in [-0.05, 0) is 26.0 Å². The summed E-state index contributed by atoms with van der Waals surface area (Å²) in [6, 6.07) is 5.36. The minimum Gasteiger partial charge on any atom is -0.624 e. The van der Waals surface area contributed by atoms with E-state index in [1.165, 1.54) is 6.21 Å². The Bertz CT molecular complexity index is 527. The van der Waals surface area contributed by atoms with E-state index in [4.69, 9.17) is 18.9 Å². The molecule has 0 bridgehead atoms. The fraction of sp³-hybridized carbons (Fsp3) is 0.533. The van der Waals surface area contributed by atoms with Crippen LogP contribution in [0.5, 0.6) is 11.5 Å². The summed E-state index contributed by atoms with van der Waals surface area (Å²) in [5, 5.41) is 12.0. The Hall–Kier alpha value is -1.79. The van der Waals surface area contributed by atoms with Crippen LogP contribution in [0.1, 0.15) is 19.4 Å². The van der Waals surface area contributed by atoms with Crippen LogP contribution in [0.3, 0.4) is 0 Å². The van der Waals surface area contributed by atoms with E-state index in [0.29, 0.717) is 18.1 Å². The molecule has 21 heavy (non-hydrogen) atoms. The number of methoxy groups -OCH3 is 2. The Morgan fingerprint density at radius 2 is 2.14 bits per heavy atom. The van der Waals surface area contributed by atoms with E-state index >= 15 is 0 Å². The average Bonchev–Trinajstić information content (AvgIpc) is 2.78. The van der Waals surface area contributed by atoms with E-state index < -0.39 is 5.79 Å². The topological polar surface area (TPSA) is 63.0 Å². The first-order chi connectivity index (χ1) is 9.93. The summed E-state index contributed by atoms with van der Waals surface area (Å²) in [5.74, 6) is 0.665. The molecule has 1 aromatic rings. The third kappa shape index (κ3) is 4.09. The predicted octanol–water partition coefficient (Wildman–Crippen LogP) is 1.94. The number of hydrogen-bond acceptors (Lipinski definition) is 5. The molecule has 0 amide bonds. The molecule has 116 valence electrons. The lowest BCUT2D eigenvalue weighted by Crippen LogP contribution is -2.24. The summed E-state index contributed by atoms with van der Waals surface area (Å²) in [5.41, 5.74) is 0.780. The Labute approximate surface area is 124 Å². The van der Waals surface area contributed by atoms with Gasteiger partial charge in [0, 0.05) is 6.07 Å². The highest BCUT2D eigenvalue weighted by atomic mass is 16.7. The van der Waals surface area contributed by atoms with Gasteiger partial charge in [-0.3, -0.25) is 0 Å². The lowest BCUT2D eigenvalue weighted by Gasteiger charge is -2.15. The smallest absolute Gasteiger partial charge is 0.182 e. The molecule has 0 N–H and O–H groups in total. The van der Waals surface area contributed by atoms with Crippen molar-refractivity contribution < 1.29 is 23.7 Å². The Balaban J connectivity index is 2.07. The highest BCUT2D eigenvalue weighted by molar-refractivity contribution is 5.58. The van der Waals surface area contributed by atoms with Gasteiger partial charge in [-0.15, -0.1) is 0 Å². The Morgan fingerprint density at radius 3 is 2.71 bits per heavy atom. The van der Waals surface area contributed by atoms with Crippen LogP contribution in [0.2, 0.25) is 0 Å². The molecule has 1 fully saturated rings. The first-order valence-corrected chi connectivity index (χ1v) is 6.75. The molecule has 1 atom stereocenters. The Kier molecular flexibility index (Phi) is 4.69. The number of ether oxygens (including phenoxy) is 4. The standard InChI is InChI=1S/C15H21NO5/c1-15(2)20-10-13(21-15)9-16(17)8-11-5-6-12(18-3)7-14(11)19-4/h5-7,9,13H,8,10H2,1-4H3/b16-9-. The second-order valence-corrected chi connectivity index (χ2v) is 5.27. The molecule has 0 spiro atoms. The SMILES string of the molecule is COc1ccc(C/[N+]([O-])=C/C2COC(C)(C)O2)c(OC)c1. The number of rotatable bonds is 5. The van der Waals surface area contributed by atoms with Crippen LogP contribution in [0.25, 0.3) is 0 Å². The maximum atomic E-state index is 12.0. The van der Waals surface area contributed by atoms with Crippen molar-refractivity contribution in [1.82, 2.24) is 0 Å². The second kappa shape index (κ2) is 6.32. The van der Waals surface area contributed by atoms with Gasteiger partial charge >= 0.3 is 0 Å². The molecular formula is C15H21NO5. The van der Waals surface area contributed by atoms with E-state index in [1.807, 2.05) is 19.9 Å². The quantitative estimate of drug-likeness (QED) is 0.359. The molecule has 1 aromatic carbocycles. The van der Waals surface area contributed by atoms with Crippen molar-refractivity contribution >= 4 is 6.21 Å². The largest absolute Gasteiger partial charge is 0.624 e. The normalized spacial score (nSPS) is 21.3. The number of nitrogens with zero attached hydrogens (tertiary/aromatic N) is 1. The van der Waals surface area contributed by atoms with E-state index in [0.717, 1.165) is 10.3 Å². The molecule has 1 saturated heterocycles. The van der Waals surface area contributed by atoms with Crippen molar-refractivity contribution in [2.24, 2.45) is 0 Å². The van der Waals surface area contributed by atoms with Crippen LogP contribution in [-0.4, -0.2) is 43.7 Å². The molecule has 6 nitrogen and oxygen atoms in total. The van der Waals surface area contributed by atoms with E-state index in [1.54, 1.807) is 26.4 Å². The van der Waals surface area contributed by atoms with E-state index in [-0.39, 0.29) is 12.6 Å². The molecule has 0 radical (unpaired) electrons. The monoisotopic (exact) mass is 295 g/mol. The lowest BCUT2D eigenvalue weighted by molar-refractivity contribution is -0.473. The zero-order valence-electron chi connectivity index (χ0n) is 12.8. The molecule has 0 saturated carbocycles. The summed E-state index contributed by atoms with van der Waals surface area (Å²) < 4.78 is 22.2. The van der Waals surface area contributed by atoms with Gasteiger partial charge in [-0.2, -0.15) is 0 Å². The molecule has 2 rings (SSSR count). The minimum absolute atomic E-state index is 0.174. The van der Waals surface area contributed by atoms with Crippen LogP contribution < -0.4 is 9.47 Å². The van der Waals surface area contributed by atoms with Crippen molar-refractivity contribution in [3.63, 3.8) is 0 Å². The maximum Gasteiger partial charge on any atom is 0.182 e. The highest BCUT2D eigenvalue weighted by Gasteiger charge is 2.33. The Morgan fingerprint density at radius 1 is 1.38 bits per heavy atom. The molecule has 0 aliphatic carbocycles. The van der Waals surface area contributed by atoms with Crippen molar-refractivity contribution in [1.29, 1.82) is 0 Å². The van der Waals surface area contributed by atoms with Crippen LogP contribution in [0, 0.1) is 5.21 Å². The average molecular weight is 295 g/mol. The second-order valence-electron chi connectivity index (χ2n) is 5.27. The summed E-state index contributed by atoms with van der Waals surface area (Å²) in [7, 11) is 3.15. The zero-order valence-corrected chi connectivity index (χ0v) is 12.8. The minimum atomic E-state index is -0.639. The van der Waals surface area contributed by atoms with Gasteiger partial charge < -0.3 is 24.2 Å². The van der Waals surface area contributed by atoms with Gasteiger partial charge in [0.2, 0.25) is 0 Å². The number of hydroxylamine groups is 1.